The summed E-state index contributed by atoms with van der Waals surface area (Å²) in [6.07, 6.45) is 1.69. The molecule has 1 atom stereocenters. The minimum Gasteiger partial charge on any atom is -0.486 e. The summed E-state index contributed by atoms with van der Waals surface area (Å²) in [5, 5.41) is 0. The molecule has 0 aromatic heterocycles. The van der Waals surface area contributed by atoms with Crippen molar-refractivity contribution >= 4 is 17.8 Å². The van der Waals surface area contributed by atoms with Crippen LogP contribution in [-0.4, -0.2) is 37.7 Å². The molecule has 0 aliphatic carbocycles. The third-order valence-corrected chi connectivity index (χ3v) is 4.00. The molecule has 0 bridgehead atoms. The molecule has 1 aliphatic rings. The van der Waals surface area contributed by atoms with Crippen molar-refractivity contribution in [1.82, 2.24) is 0 Å². The molecule has 2 aromatic carbocycles. The first-order chi connectivity index (χ1) is 13.9. The minimum absolute atomic E-state index is 0.0661. The molecule has 1 aliphatic heterocycles. The van der Waals surface area contributed by atoms with Crippen molar-refractivity contribution in [2.75, 3.05) is 13.2 Å². The van der Waals surface area contributed by atoms with Gasteiger partial charge in [0, 0.05) is 11.6 Å². The molecular formula is C21H18F2O6. The quantitative estimate of drug-likeness (QED) is 0.396. The lowest BCUT2D eigenvalue weighted by Gasteiger charge is -2.18. The molecule has 6 nitrogen and oxygen atoms in total. The van der Waals surface area contributed by atoms with Gasteiger partial charge in [0.2, 0.25) is 5.78 Å². The van der Waals surface area contributed by atoms with Crippen LogP contribution in [0.15, 0.2) is 48.5 Å². The van der Waals surface area contributed by atoms with E-state index in [0.29, 0.717) is 30.3 Å². The van der Waals surface area contributed by atoms with Crippen molar-refractivity contribution in [2.45, 2.75) is 19.6 Å². The predicted octanol–water partition coefficient (Wildman–Crippen LogP) is 3.89. The Bertz CT molecular complexity index is 908. The summed E-state index contributed by atoms with van der Waals surface area (Å²) in [6, 6.07) is 10.4. The SMILES string of the molecule is C[C@@H](OC(=O)/C=C/c1ccc2c(c1)OCCO2)C(=O)c1ccc(OC(F)F)cc1. The zero-order valence-electron chi connectivity index (χ0n) is 15.5. The molecule has 2 aromatic rings. The number of hydrogen-bond acceptors (Lipinski definition) is 6. The lowest BCUT2D eigenvalue weighted by molar-refractivity contribution is -0.140. The van der Waals surface area contributed by atoms with Crippen molar-refractivity contribution in [2.24, 2.45) is 0 Å². The van der Waals surface area contributed by atoms with E-state index in [9.17, 15) is 18.4 Å². The van der Waals surface area contributed by atoms with Crippen LogP contribution >= 0.6 is 0 Å². The number of halogens is 2. The van der Waals surface area contributed by atoms with E-state index in [2.05, 4.69) is 4.74 Å². The van der Waals surface area contributed by atoms with Crippen LogP contribution in [-0.2, 0) is 9.53 Å². The highest BCUT2D eigenvalue weighted by atomic mass is 19.3. The van der Waals surface area contributed by atoms with Gasteiger partial charge in [0.1, 0.15) is 19.0 Å². The van der Waals surface area contributed by atoms with Crippen LogP contribution in [0.4, 0.5) is 8.78 Å². The second kappa shape index (κ2) is 9.18. The van der Waals surface area contributed by atoms with Crippen LogP contribution in [0.3, 0.4) is 0 Å². The van der Waals surface area contributed by atoms with E-state index in [4.69, 9.17) is 14.2 Å². The topological polar surface area (TPSA) is 71.1 Å². The molecule has 3 rings (SSSR count). The van der Waals surface area contributed by atoms with Gasteiger partial charge in [-0.05, 0) is 55.0 Å². The minimum atomic E-state index is -2.95. The van der Waals surface area contributed by atoms with Gasteiger partial charge in [0.05, 0.1) is 0 Å². The maximum absolute atomic E-state index is 12.3. The summed E-state index contributed by atoms with van der Waals surface area (Å²) >= 11 is 0. The number of Topliss-reactive ketones (excluding diaryl/α,β-unsaturated/α-hetero) is 1. The Hall–Kier alpha value is -3.42. The summed E-state index contributed by atoms with van der Waals surface area (Å²) < 4.78 is 44.6. The summed E-state index contributed by atoms with van der Waals surface area (Å²) in [7, 11) is 0. The molecule has 0 fully saturated rings. The van der Waals surface area contributed by atoms with E-state index in [0.717, 1.165) is 0 Å². The number of ketones is 1. The van der Waals surface area contributed by atoms with Gasteiger partial charge in [-0.1, -0.05) is 6.07 Å². The fourth-order valence-corrected chi connectivity index (χ4v) is 2.63. The van der Waals surface area contributed by atoms with Gasteiger partial charge < -0.3 is 18.9 Å². The Labute approximate surface area is 165 Å². The lowest BCUT2D eigenvalue weighted by atomic mass is 10.1. The van der Waals surface area contributed by atoms with E-state index in [-0.39, 0.29) is 11.3 Å². The first-order valence-corrected chi connectivity index (χ1v) is 8.80. The monoisotopic (exact) mass is 404 g/mol. The fraction of sp³-hybridized carbons (Fsp3) is 0.238. The molecule has 8 heteroatoms. The van der Waals surface area contributed by atoms with Gasteiger partial charge in [0.25, 0.3) is 0 Å². The van der Waals surface area contributed by atoms with E-state index < -0.39 is 24.5 Å². The molecule has 0 spiro atoms. The maximum Gasteiger partial charge on any atom is 0.387 e. The Morgan fingerprint density at radius 1 is 1.03 bits per heavy atom. The first kappa shape index (κ1) is 20.3. The summed E-state index contributed by atoms with van der Waals surface area (Å²) in [5.41, 5.74) is 0.919. The molecule has 0 saturated heterocycles. The number of rotatable bonds is 7. The van der Waals surface area contributed by atoms with Gasteiger partial charge >= 0.3 is 12.6 Å². The molecular weight excluding hydrogens is 386 g/mol. The zero-order chi connectivity index (χ0) is 20.8. The molecule has 152 valence electrons. The number of carbonyl (C=O) groups is 2. The second-order valence-corrected chi connectivity index (χ2v) is 6.08. The number of alkyl halides is 2. The number of fused-ring (bicyclic) bond motifs is 1. The largest absolute Gasteiger partial charge is 0.486 e. The van der Waals surface area contributed by atoms with Gasteiger partial charge in [-0.15, -0.1) is 0 Å². The normalized spacial score (nSPS) is 13.9. The van der Waals surface area contributed by atoms with Gasteiger partial charge in [-0.3, -0.25) is 4.79 Å². The highest BCUT2D eigenvalue weighted by Crippen LogP contribution is 2.31. The Balaban J connectivity index is 1.57. The molecule has 0 amide bonds. The smallest absolute Gasteiger partial charge is 0.387 e. The Morgan fingerprint density at radius 2 is 1.72 bits per heavy atom. The van der Waals surface area contributed by atoms with E-state index in [1.54, 1.807) is 18.2 Å². The van der Waals surface area contributed by atoms with Crippen LogP contribution < -0.4 is 14.2 Å². The van der Waals surface area contributed by atoms with Gasteiger partial charge in [-0.25, -0.2) is 4.79 Å². The van der Waals surface area contributed by atoms with Crippen LogP contribution in [0.1, 0.15) is 22.8 Å². The van der Waals surface area contributed by atoms with E-state index >= 15 is 0 Å². The third kappa shape index (κ3) is 5.54. The number of esters is 1. The standard InChI is InChI=1S/C21H18F2O6/c1-13(20(25)15-4-6-16(7-5-15)29-21(22)23)28-19(24)9-3-14-2-8-17-18(12-14)27-11-10-26-17/h2-9,12-13,21H,10-11H2,1H3/b9-3+/t13-/m1/s1. The average molecular weight is 404 g/mol. The van der Waals surface area contributed by atoms with Crippen LogP contribution in [0.25, 0.3) is 6.08 Å². The fourth-order valence-electron chi connectivity index (χ4n) is 2.63. The average Bonchev–Trinajstić information content (AvgIpc) is 2.71. The Kier molecular flexibility index (Phi) is 6.43. The van der Waals surface area contributed by atoms with Crippen LogP contribution in [0.5, 0.6) is 17.2 Å². The lowest BCUT2D eigenvalue weighted by Crippen LogP contribution is -2.23. The summed E-state index contributed by atoms with van der Waals surface area (Å²) in [5.74, 6) is 0.00590. The van der Waals surface area contributed by atoms with Gasteiger partial charge in [0.15, 0.2) is 17.6 Å². The van der Waals surface area contributed by atoms with Gasteiger partial charge in [-0.2, -0.15) is 8.78 Å². The van der Waals surface area contributed by atoms with Crippen molar-refractivity contribution in [3.63, 3.8) is 0 Å². The zero-order valence-corrected chi connectivity index (χ0v) is 15.5. The van der Waals surface area contributed by atoms with Crippen molar-refractivity contribution in [3.05, 3.63) is 59.7 Å². The third-order valence-electron chi connectivity index (χ3n) is 4.00. The van der Waals surface area contributed by atoms with E-state index in [1.807, 2.05) is 0 Å². The van der Waals surface area contributed by atoms with Crippen molar-refractivity contribution in [1.29, 1.82) is 0 Å². The predicted molar refractivity (Wildman–Crippen MR) is 99.4 cm³/mol. The molecule has 0 saturated carbocycles. The second-order valence-electron chi connectivity index (χ2n) is 6.08. The van der Waals surface area contributed by atoms with Crippen LogP contribution in [0, 0.1) is 0 Å². The Morgan fingerprint density at radius 3 is 2.41 bits per heavy atom. The molecule has 0 unspecified atom stereocenters. The first-order valence-electron chi connectivity index (χ1n) is 8.80. The number of benzene rings is 2. The van der Waals surface area contributed by atoms with E-state index in [1.165, 1.54) is 43.3 Å². The number of carbonyl (C=O) groups excluding carboxylic acids is 2. The summed E-state index contributed by atoms with van der Waals surface area (Å²) in [4.78, 5) is 24.3. The highest BCUT2D eigenvalue weighted by molar-refractivity contribution is 6.01. The van der Waals surface area contributed by atoms with Crippen molar-refractivity contribution in [3.8, 4) is 17.2 Å². The van der Waals surface area contributed by atoms with Crippen LogP contribution in [0.2, 0.25) is 0 Å². The maximum atomic E-state index is 12.3. The number of ether oxygens (including phenoxy) is 4. The van der Waals surface area contributed by atoms with Crippen molar-refractivity contribution < 1.29 is 37.3 Å². The summed E-state index contributed by atoms with van der Waals surface area (Å²) in [6.45, 7) is -0.571. The molecule has 0 radical (unpaired) electrons. The molecule has 0 N–H and O–H groups in total. The molecule has 29 heavy (non-hydrogen) atoms. The highest BCUT2D eigenvalue weighted by Gasteiger charge is 2.19. The number of hydrogen-bond donors (Lipinski definition) is 0. The molecule has 1 heterocycles.